The summed E-state index contributed by atoms with van der Waals surface area (Å²) in [5, 5.41) is 0. The van der Waals surface area contributed by atoms with Gasteiger partial charge >= 0.3 is 12.4 Å². The molecule has 9 heteroatoms. The maximum absolute atomic E-state index is 13.9. The SMILES string of the molecule is Fc1cc(-c2ccc3c(c2)N(Sc2cccc(C(F)(F)F)c2)CCC3)cc(C(F)(F)F)c1. The van der Waals surface area contributed by atoms with Crippen LogP contribution < -0.4 is 4.31 Å². The van der Waals surface area contributed by atoms with Crippen molar-refractivity contribution in [3.05, 3.63) is 83.2 Å². The number of hydrogen-bond donors (Lipinski definition) is 0. The van der Waals surface area contributed by atoms with Gasteiger partial charge in [-0.05, 0) is 83.9 Å². The molecule has 1 nitrogen and oxygen atoms in total. The zero-order valence-electron chi connectivity index (χ0n) is 16.4. The third-order valence-electron chi connectivity index (χ3n) is 5.10. The number of rotatable bonds is 3. The van der Waals surface area contributed by atoms with Gasteiger partial charge in [0.25, 0.3) is 0 Å². The first-order valence-corrected chi connectivity index (χ1v) is 10.4. The van der Waals surface area contributed by atoms with E-state index >= 15 is 0 Å². The molecule has 0 spiro atoms. The summed E-state index contributed by atoms with van der Waals surface area (Å²) < 4.78 is 94.1. The minimum absolute atomic E-state index is 0.0784. The van der Waals surface area contributed by atoms with Gasteiger partial charge in [-0.15, -0.1) is 0 Å². The lowest BCUT2D eigenvalue weighted by atomic mass is 9.97. The van der Waals surface area contributed by atoms with E-state index in [1.54, 1.807) is 24.3 Å². The van der Waals surface area contributed by atoms with Crippen molar-refractivity contribution in [3.8, 4) is 11.1 Å². The second kappa shape index (κ2) is 8.35. The van der Waals surface area contributed by atoms with E-state index in [1.807, 2.05) is 4.31 Å². The summed E-state index contributed by atoms with van der Waals surface area (Å²) in [6.45, 7) is 0.550. The molecule has 0 saturated heterocycles. The number of hydrogen-bond acceptors (Lipinski definition) is 2. The van der Waals surface area contributed by atoms with E-state index in [-0.39, 0.29) is 5.56 Å². The Hall–Kier alpha value is -2.68. The Morgan fingerprint density at radius 2 is 1.50 bits per heavy atom. The number of fused-ring (bicyclic) bond motifs is 1. The summed E-state index contributed by atoms with van der Waals surface area (Å²) in [5.41, 5.74) is 0.245. The topological polar surface area (TPSA) is 3.24 Å². The van der Waals surface area contributed by atoms with E-state index in [9.17, 15) is 30.7 Å². The molecule has 0 aliphatic carbocycles. The predicted octanol–water partition coefficient (Wildman–Crippen LogP) is 7.99. The summed E-state index contributed by atoms with van der Waals surface area (Å²) >= 11 is 1.13. The number of alkyl halides is 6. The summed E-state index contributed by atoms with van der Waals surface area (Å²) in [6.07, 6.45) is -7.64. The highest BCUT2D eigenvalue weighted by atomic mass is 32.2. The van der Waals surface area contributed by atoms with Gasteiger partial charge in [-0.3, -0.25) is 0 Å². The Bertz CT molecular complexity index is 1140. The predicted molar refractivity (Wildman–Crippen MR) is 110 cm³/mol. The van der Waals surface area contributed by atoms with Gasteiger partial charge in [-0.2, -0.15) is 26.3 Å². The van der Waals surface area contributed by atoms with Gasteiger partial charge in [0.15, 0.2) is 0 Å². The fourth-order valence-corrected chi connectivity index (χ4v) is 4.65. The number of anilines is 1. The Balaban J connectivity index is 1.69. The van der Waals surface area contributed by atoms with Crippen LogP contribution in [0.5, 0.6) is 0 Å². The molecule has 3 aromatic rings. The van der Waals surface area contributed by atoms with Gasteiger partial charge in [0.05, 0.1) is 16.8 Å². The van der Waals surface area contributed by atoms with Crippen molar-refractivity contribution in [2.24, 2.45) is 0 Å². The van der Waals surface area contributed by atoms with Crippen molar-refractivity contribution in [3.63, 3.8) is 0 Å². The van der Waals surface area contributed by atoms with Crippen molar-refractivity contribution < 1.29 is 30.7 Å². The second-order valence-electron chi connectivity index (χ2n) is 7.39. The fourth-order valence-electron chi connectivity index (χ4n) is 3.59. The molecule has 0 aromatic heterocycles. The van der Waals surface area contributed by atoms with Gasteiger partial charge in [0, 0.05) is 11.4 Å². The molecule has 0 bridgehead atoms. The molecular weight excluding hydrogens is 455 g/mol. The smallest absolute Gasteiger partial charge is 0.312 e. The van der Waals surface area contributed by atoms with Gasteiger partial charge in [-0.25, -0.2) is 4.39 Å². The third-order valence-corrected chi connectivity index (χ3v) is 6.16. The number of nitrogens with zero attached hydrogens (tertiary/aromatic N) is 1. The quantitative estimate of drug-likeness (QED) is 0.281. The van der Waals surface area contributed by atoms with Crippen LogP contribution in [0.4, 0.5) is 36.4 Å². The molecular formula is C23H16F7NS. The fraction of sp³-hybridized carbons (Fsp3) is 0.217. The van der Waals surface area contributed by atoms with E-state index in [1.165, 1.54) is 6.07 Å². The second-order valence-corrected chi connectivity index (χ2v) is 8.49. The van der Waals surface area contributed by atoms with Gasteiger partial charge in [-0.1, -0.05) is 18.2 Å². The summed E-state index contributed by atoms with van der Waals surface area (Å²) in [6, 6.07) is 12.4. The molecule has 0 N–H and O–H groups in total. The zero-order valence-corrected chi connectivity index (χ0v) is 17.2. The maximum atomic E-state index is 13.9. The minimum atomic E-state index is -4.68. The van der Waals surface area contributed by atoms with Crippen molar-refractivity contribution in [2.45, 2.75) is 30.1 Å². The van der Waals surface area contributed by atoms with Crippen molar-refractivity contribution in [1.29, 1.82) is 0 Å². The van der Waals surface area contributed by atoms with Crippen molar-refractivity contribution in [1.82, 2.24) is 0 Å². The molecule has 168 valence electrons. The molecule has 3 aromatic carbocycles. The molecule has 0 atom stereocenters. The van der Waals surface area contributed by atoms with Crippen LogP contribution in [-0.2, 0) is 18.8 Å². The lowest BCUT2D eigenvalue weighted by Gasteiger charge is -2.30. The summed E-state index contributed by atoms with van der Waals surface area (Å²) in [4.78, 5) is 0.392. The number of benzene rings is 3. The van der Waals surface area contributed by atoms with Gasteiger partial charge in [0.2, 0.25) is 0 Å². The van der Waals surface area contributed by atoms with Gasteiger partial charge < -0.3 is 4.31 Å². The lowest BCUT2D eigenvalue weighted by Crippen LogP contribution is -2.22. The first kappa shape index (κ1) is 22.5. The van der Waals surface area contributed by atoms with E-state index in [0.717, 1.165) is 54.6 Å². The van der Waals surface area contributed by atoms with Crippen LogP contribution in [0.3, 0.4) is 0 Å². The van der Waals surface area contributed by atoms with Crippen LogP contribution in [0.1, 0.15) is 23.1 Å². The van der Waals surface area contributed by atoms with E-state index in [4.69, 9.17) is 0 Å². The minimum Gasteiger partial charge on any atom is -0.312 e. The Morgan fingerprint density at radius 1 is 0.750 bits per heavy atom. The van der Waals surface area contributed by atoms with E-state index in [0.29, 0.717) is 28.8 Å². The van der Waals surface area contributed by atoms with E-state index < -0.39 is 29.3 Å². The summed E-state index contributed by atoms with van der Waals surface area (Å²) in [7, 11) is 0. The monoisotopic (exact) mass is 471 g/mol. The standard InChI is InChI=1S/C23H16F7NS/c24-19-10-16(9-18(12-19)23(28,29)30)15-7-6-14-3-2-8-31(21(14)11-15)32-20-5-1-4-17(13-20)22(25,26)27/h1,4-7,9-13H,2-3,8H2. The van der Waals surface area contributed by atoms with Crippen LogP contribution in [-0.4, -0.2) is 6.54 Å². The summed E-state index contributed by atoms with van der Waals surface area (Å²) in [5.74, 6) is -0.997. The van der Waals surface area contributed by atoms with E-state index in [2.05, 4.69) is 0 Å². The molecule has 0 unspecified atom stereocenters. The van der Waals surface area contributed by atoms with Gasteiger partial charge in [0.1, 0.15) is 5.82 Å². The molecule has 0 amide bonds. The Kier molecular flexibility index (Phi) is 5.87. The molecule has 4 rings (SSSR count). The molecule has 1 aliphatic heterocycles. The molecule has 32 heavy (non-hydrogen) atoms. The zero-order chi connectivity index (χ0) is 23.1. The highest BCUT2D eigenvalue weighted by molar-refractivity contribution is 8.00. The van der Waals surface area contributed by atoms with Crippen molar-refractivity contribution >= 4 is 17.6 Å². The number of halogens is 7. The molecule has 1 aliphatic rings. The Labute approximate surface area is 184 Å². The maximum Gasteiger partial charge on any atom is 0.416 e. The molecule has 0 radical (unpaired) electrons. The highest BCUT2D eigenvalue weighted by Gasteiger charge is 2.32. The first-order chi connectivity index (χ1) is 15.0. The Morgan fingerprint density at radius 3 is 2.22 bits per heavy atom. The molecule has 1 heterocycles. The van der Waals surface area contributed by atoms with Crippen LogP contribution in [0, 0.1) is 5.82 Å². The average Bonchev–Trinajstić information content (AvgIpc) is 2.72. The normalized spacial score (nSPS) is 14.4. The third kappa shape index (κ3) is 4.87. The van der Waals surface area contributed by atoms with Crippen LogP contribution >= 0.6 is 11.9 Å². The van der Waals surface area contributed by atoms with Crippen LogP contribution in [0.25, 0.3) is 11.1 Å². The lowest BCUT2D eigenvalue weighted by molar-refractivity contribution is -0.138. The molecule has 0 saturated carbocycles. The first-order valence-electron chi connectivity index (χ1n) is 9.64. The largest absolute Gasteiger partial charge is 0.416 e. The highest BCUT2D eigenvalue weighted by Crippen LogP contribution is 2.40. The van der Waals surface area contributed by atoms with Crippen LogP contribution in [0.15, 0.2) is 65.6 Å². The van der Waals surface area contributed by atoms with Crippen molar-refractivity contribution in [2.75, 3.05) is 10.8 Å². The number of aryl methyl sites for hydroxylation is 1. The average molecular weight is 471 g/mol. The molecule has 0 fully saturated rings. The van der Waals surface area contributed by atoms with Crippen LogP contribution in [0.2, 0.25) is 0 Å².